The fraction of sp³-hybridized carbons (Fsp3) is 0.286. The highest BCUT2D eigenvalue weighted by molar-refractivity contribution is 5.96. The van der Waals surface area contributed by atoms with Gasteiger partial charge >= 0.3 is 0 Å². The van der Waals surface area contributed by atoms with Gasteiger partial charge in [0.25, 0.3) is 5.56 Å². The zero-order chi connectivity index (χ0) is 19.3. The summed E-state index contributed by atoms with van der Waals surface area (Å²) in [6, 6.07) is 11.9. The molecule has 0 unspecified atom stereocenters. The van der Waals surface area contributed by atoms with Crippen LogP contribution in [-0.2, 0) is 14.1 Å². The lowest BCUT2D eigenvalue weighted by atomic mass is 10.0. The van der Waals surface area contributed by atoms with Gasteiger partial charge in [0.2, 0.25) is 5.95 Å². The van der Waals surface area contributed by atoms with E-state index in [0.717, 1.165) is 22.0 Å². The molecule has 138 valence electrons. The predicted octanol–water partition coefficient (Wildman–Crippen LogP) is 3.70. The molecule has 0 aliphatic heterocycles. The lowest BCUT2D eigenvalue weighted by molar-refractivity contribution is 0.615. The molecule has 2 heterocycles. The normalized spacial score (nSPS) is 12.0. The number of nitrogens with one attached hydrogen (secondary N) is 1. The number of hydrogen-bond donors (Lipinski definition) is 1. The van der Waals surface area contributed by atoms with Crippen LogP contribution in [0.1, 0.15) is 20.8 Å². The van der Waals surface area contributed by atoms with Crippen LogP contribution in [0.25, 0.3) is 32.9 Å². The van der Waals surface area contributed by atoms with Crippen molar-refractivity contribution in [3.8, 4) is 11.1 Å². The Kier molecular flexibility index (Phi) is 3.80. The van der Waals surface area contributed by atoms with Gasteiger partial charge in [-0.05, 0) is 44.5 Å². The average molecular weight is 361 g/mol. The van der Waals surface area contributed by atoms with Crippen molar-refractivity contribution in [3.63, 3.8) is 0 Å². The molecule has 0 saturated heterocycles. The molecule has 0 saturated carbocycles. The number of aryl methyl sites for hydroxylation is 1. The van der Waals surface area contributed by atoms with E-state index in [0.29, 0.717) is 16.9 Å². The van der Waals surface area contributed by atoms with Gasteiger partial charge in [0.1, 0.15) is 0 Å². The molecule has 0 fully saturated rings. The molecule has 0 radical (unpaired) electrons. The van der Waals surface area contributed by atoms with E-state index in [1.165, 1.54) is 0 Å². The molecular weight excluding hydrogens is 338 g/mol. The summed E-state index contributed by atoms with van der Waals surface area (Å²) in [4.78, 5) is 17.7. The highest BCUT2D eigenvalue weighted by atomic mass is 16.1. The van der Waals surface area contributed by atoms with E-state index in [1.54, 1.807) is 11.6 Å². The number of para-hydroxylation sites is 1. The summed E-state index contributed by atoms with van der Waals surface area (Å²) >= 11 is 0. The molecule has 0 spiro atoms. The Hall–Kier alpha value is -3.15. The summed E-state index contributed by atoms with van der Waals surface area (Å²) in [5.41, 5.74) is 3.47. The molecule has 0 aliphatic carbocycles. The largest absolute Gasteiger partial charge is 0.351 e. The quantitative estimate of drug-likeness (QED) is 0.591. The molecule has 0 atom stereocenters. The van der Waals surface area contributed by atoms with Crippen molar-refractivity contribution < 1.29 is 0 Å². The first-order valence-electron chi connectivity index (χ1n) is 8.95. The molecule has 6 nitrogen and oxygen atoms in total. The minimum atomic E-state index is -0.200. The summed E-state index contributed by atoms with van der Waals surface area (Å²) in [7, 11) is 3.67. The summed E-state index contributed by atoms with van der Waals surface area (Å²) in [5.74, 6) is 0.565. The molecule has 6 heteroatoms. The highest BCUT2D eigenvalue weighted by Crippen LogP contribution is 2.29. The second-order valence-corrected chi connectivity index (χ2v) is 7.92. The van der Waals surface area contributed by atoms with Crippen LogP contribution in [0.3, 0.4) is 0 Å². The monoisotopic (exact) mass is 361 g/mol. The number of fused-ring (bicyclic) bond motifs is 2. The Morgan fingerprint density at radius 3 is 2.59 bits per heavy atom. The molecule has 1 N–H and O–H groups in total. The van der Waals surface area contributed by atoms with Crippen LogP contribution in [0, 0.1) is 0 Å². The van der Waals surface area contributed by atoms with Gasteiger partial charge in [-0.25, -0.2) is 4.98 Å². The number of aromatic nitrogens is 4. The second kappa shape index (κ2) is 5.94. The van der Waals surface area contributed by atoms with E-state index in [2.05, 4.69) is 22.5 Å². The lowest BCUT2D eigenvalue weighted by Gasteiger charge is -2.23. The SMILES string of the molecule is Cn1c(NC(C)(C)C)nc2c(-c3ccc4c(cnn4C)c3)cccc2c1=O. The summed E-state index contributed by atoms with van der Waals surface area (Å²) in [5, 5.41) is 9.31. The molecule has 2 aromatic carbocycles. The van der Waals surface area contributed by atoms with E-state index >= 15 is 0 Å². The van der Waals surface area contributed by atoms with Gasteiger partial charge in [-0.2, -0.15) is 5.10 Å². The number of benzene rings is 2. The fourth-order valence-corrected chi connectivity index (χ4v) is 3.31. The Morgan fingerprint density at radius 1 is 1.07 bits per heavy atom. The first-order chi connectivity index (χ1) is 12.7. The smallest absolute Gasteiger partial charge is 0.262 e. The molecular formula is C21H23N5O. The molecule has 4 rings (SSSR count). The summed E-state index contributed by atoms with van der Waals surface area (Å²) in [6.45, 7) is 6.14. The van der Waals surface area contributed by atoms with Crippen molar-refractivity contribution in [2.75, 3.05) is 5.32 Å². The van der Waals surface area contributed by atoms with Gasteiger partial charge in [0, 0.05) is 30.6 Å². The average Bonchev–Trinajstić information content (AvgIpc) is 2.98. The first kappa shape index (κ1) is 17.3. The van der Waals surface area contributed by atoms with Crippen molar-refractivity contribution in [2.45, 2.75) is 26.3 Å². The Bertz CT molecular complexity index is 1230. The lowest BCUT2D eigenvalue weighted by Crippen LogP contribution is -2.32. The van der Waals surface area contributed by atoms with Crippen molar-refractivity contribution in [3.05, 3.63) is 52.9 Å². The van der Waals surface area contributed by atoms with E-state index in [1.807, 2.05) is 63.0 Å². The van der Waals surface area contributed by atoms with Crippen molar-refractivity contribution in [1.82, 2.24) is 19.3 Å². The Labute approximate surface area is 157 Å². The minimum absolute atomic E-state index is 0.0592. The third-order valence-corrected chi connectivity index (χ3v) is 4.65. The van der Waals surface area contributed by atoms with Crippen LogP contribution in [-0.4, -0.2) is 24.9 Å². The summed E-state index contributed by atoms with van der Waals surface area (Å²) in [6.07, 6.45) is 1.85. The van der Waals surface area contributed by atoms with Crippen LogP contribution in [0.4, 0.5) is 5.95 Å². The number of nitrogens with zero attached hydrogens (tertiary/aromatic N) is 4. The minimum Gasteiger partial charge on any atom is -0.351 e. The zero-order valence-electron chi connectivity index (χ0n) is 16.2. The van der Waals surface area contributed by atoms with E-state index in [4.69, 9.17) is 4.98 Å². The molecule has 0 amide bonds. The topological polar surface area (TPSA) is 64.7 Å². The maximum absolute atomic E-state index is 12.9. The molecule has 4 aromatic rings. The van der Waals surface area contributed by atoms with Gasteiger partial charge in [-0.1, -0.05) is 18.2 Å². The van der Waals surface area contributed by atoms with Crippen LogP contribution in [0.2, 0.25) is 0 Å². The maximum atomic E-state index is 12.9. The number of hydrogen-bond acceptors (Lipinski definition) is 4. The van der Waals surface area contributed by atoms with Gasteiger partial charge in [0.05, 0.1) is 22.6 Å². The van der Waals surface area contributed by atoms with Crippen LogP contribution >= 0.6 is 0 Å². The number of rotatable bonds is 2. The van der Waals surface area contributed by atoms with Crippen molar-refractivity contribution in [2.24, 2.45) is 14.1 Å². The van der Waals surface area contributed by atoms with Crippen molar-refractivity contribution in [1.29, 1.82) is 0 Å². The van der Waals surface area contributed by atoms with Gasteiger partial charge in [-0.15, -0.1) is 0 Å². The molecule has 2 aromatic heterocycles. The van der Waals surface area contributed by atoms with Crippen molar-refractivity contribution >= 4 is 27.8 Å². The zero-order valence-corrected chi connectivity index (χ0v) is 16.2. The van der Waals surface area contributed by atoms with Crippen LogP contribution in [0.15, 0.2) is 47.4 Å². The fourth-order valence-electron chi connectivity index (χ4n) is 3.31. The molecule has 0 aliphatic rings. The third-order valence-electron chi connectivity index (χ3n) is 4.65. The Balaban J connectivity index is 1.98. The standard InChI is InChI=1S/C21H23N5O/c1-21(2,3)24-20-23-18-15(7-6-8-16(18)19(27)25(20)4)13-9-10-17-14(11-13)12-22-26(17)5/h6-12H,1-5H3,(H,23,24). The highest BCUT2D eigenvalue weighted by Gasteiger charge is 2.17. The van der Waals surface area contributed by atoms with Crippen LogP contribution in [0.5, 0.6) is 0 Å². The Morgan fingerprint density at radius 2 is 1.85 bits per heavy atom. The van der Waals surface area contributed by atoms with Crippen LogP contribution < -0.4 is 10.9 Å². The molecule has 27 heavy (non-hydrogen) atoms. The first-order valence-corrected chi connectivity index (χ1v) is 8.95. The van der Waals surface area contributed by atoms with E-state index in [9.17, 15) is 4.79 Å². The number of anilines is 1. The van der Waals surface area contributed by atoms with Gasteiger partial charge < -0.3 is 5.32 Å². The van der Waals surface area contributed by atoms with Gasteiger partial charge in [0.15, 0.2) is 0 Å². The second-order valence-electron chi connectivity index (χ2n) is 7.92. The van der Waals surface area contributed by atoms with E-state index in [-0.39, 0.29) is 11.1 Å². The van der Waals surface area contributed by atoms with Gasteiger partial charge in [-0.3, -0.25) is 14.0 Å². The summed E-state index contributed by atoms with van der Waals surface area (Å²) < 4.78 is 3.42. The van der Waals surface area contributed by atoms with E-state index < -0.39 is 0 Å². The molecule has 0 bridgehead atoms. The predicted molar refractivity (Wildman–Crippen MR) is 110 cm³/mol. The maximum Gasteiger partial charge on any atom is 0.262 e. The third kappa shape index (κ3) is 2.97.